The zero-order valence-electron chi connectivity index (χ0n) is 41.8. The predicted molar refractivity (Wildman–Crippen MR) is 252 cm³/mol. The molecule has 15 atom stereocenters. The number of halogens is 1. The number of aromatic nitrogens is 3. The number of alkyl halides is 1. The number of carbonyl (C=O) groups excluding carboxylic acids is 1. The summed E-state index contributed by atoms with van der Waals surface area (Å²) in [4.78, 5) is 18.1. The van der Waals surface area contributed by atoms with Gasteiger partial charge in [0, 0.05) is 50.8 Å². The number of rotatable bonds is 15. The summed E-state index contributed by atoms with van der Waals surface area (Å²) in [7, 11) is 1.81. The highest BCUT2D eigenvalue weighted by Gasteiger charge is 2.50. The summed E-state index contributed by atoms with van der Waals surface area (Å²) in [6.45, 7) is 14.3. The second-order valence-electron chi connectivity index (χ2n) is 20.9. The van der Waals surface area contributed by atoms with E-state index in [0.717, 1.165) is 31.2 Å². The zero-order valence-corrected chi connectivity index (χ0v) is 42.6. The van der Waals surface area contributed by atoms with Gasteiger partial charge < -0.3 is 49.2 Å². The van der Waals surface area contributed by atoms with Gasteiger partial charge >= 0.3 is 5.97 Å². The molecule has 1 aromatic heterocycles. The number of methoxy groups -OCH3 is 1. The number of likely N-dealkylation sites (N-methyl/N-ethyl adjacent to an activating group) is 2. The lowest BCUT2D eigenvalue weighted by Gasteiger charge is -2.47. The highest BCUT2D eigenvalue weighted by atomic mass is 32.2. The Labute approximate surface area is 398 Å². The number of cyclic esters (lactones) is 1. The molecule has 18 heteroatoms. The summed E-state index contributed by atoms with van der Waals surface area (Å²) >= 11 is 0. The molecule has 0 bridgehead atoms. The molecule has 3 fully saturated rings. The summed E-state index contributed by atoms with van der Waals surface area (Å²) in [5.74, 6) is -1.95. The van der Waals surface area contributed by atoms with E-state index in [1.807, 2.05) is 44.7 Å². The van der Waals surface area contributed by atoms with Gasteiger partial charge in [0.25, 0.3) is 0 Å². The first kappa shape index (κ1) is 55.3. The van der Waals surface area contributed by atoms with E-state index < -0.39 is 100 Å². The van der Waals surface area contributed by atoms with Crippen LogP contribution in [0.15, 0.2) is 35.4 Å². The molecule has 1 aliphatic carbocycles. The minimum absolute atomic E-state index is 0.141. The molecule has 2 aliphatic heterocycles. The van der Waals surface area contributed by atoms with Crippen LogP contribution in [0.1, 0.15) is 118 Å². The summed E-state index contributed by atoms with van der Waals surface area (Å²) in [6.07, 6.45) is 0.675. The Morgan fingerprint density at radius 1 is 1.06 bits per heavy atom. The molecule has 0 radical (unpaired) electrons. The van der Waals surface area contributed by atoms with Gasteiger partial charge in [-0.05, 0) is 117 Å². The van der Waals surface area contributed by atoms with E-state index in [1.165, 1.54) is 18.7 Å². The van der Waals surface area contributed by atoms with E-state index in [2.05, 4.69) is 10.3 Å². The average Bonchev–Trinajstić information content (AvgIpc) is 3.98. The molecule has 2 saturated heterocycles. The Bertz CT molecular complexity index is 1970. The van der Waals surface area contributed by atoms with E-state index in [1.54, 1.807) is 58.2 Å². The van der Waals surface area contributed by atoms with E-state index in [-0.39, 0.29) is 36.5 Å². The summed E-state index contributed by atoms with van der Waals surface area (Å²) in [5, 5.41) is 56.1. The van der Waals surface area contributed by atoms with Gasteiger partial charge in [-0.15, -0.1) is 5.10 Å². The molecular formula is C49H82FN5O11S. The van der Waals surface area contributed by atoms with Gasteiger partial charge in [0.2, 0.25) is 0 Å². The van der Waals surface area contributed by atoms with Gasteiger partial charge in [-0.25, -0.2) is 17.5 Å². The highest BCUT2D eigenvalue weighted by molar-refractivity contribution is 7.91. The Morgan fingerprint density at radius 2 is 1.72 bits per heavy atom. The molecule has 3 heterocycles. The fourth-order valence-corrected chi connectivity index (χ4v) is 12.7. The van der Waals surface area contributed by atoms with Crippen molar-refractivity contribution in [3.63, 3.8) is 0 Å². The van der Waals surface area contributed by atoms with Crippen LogP contribution in [0.2, 0.25) is 0 Å². The molecule has 5 rings (SSSR count). The lowest BCUT2D eigenvalue weighted by Crippen LogP contribution is -2.59. The molecule has 0 amide bonds. The first-order chi connectivity index (χ1) is 31.4. The van der Waals surface area contributed by atoms with Crippen LogP contribution < -0.4 is 0 Å². The molecule has 382 valence electrons. The maximum atomic E-state index is 14.5. The molecule has 1 aromatic carbocycles. The molecule has 2 aromatic rings. The normalized spacial score (nSPS) is 36.4. The van der Waals surface area contributed by atoms with Crippen LogP contribution in [-0.4, -0.2) is 173 Å². The van der Waals surface area contributed by atoms with Crippen molar-refractivity contribution >= 4 is 15.8 Å². The second-order valence-corrected chi connectivity index (χ2v) is 22.9. The van der Waals surface area contributed by atoms with Crippen LogP contribution in [0.3, 0.4) is 0 Å². The number of esters is 1. The minimum atomic E-state index is -3.39. The monoisotopic (exact) mass is 968 g/mol. The lowest BCUT2D eigenvalue weighted by atomic mass is 9.78. The third kappa shape index (κ3) is 13.6. The lowest BCUT2D eigenvalue weighted by molar-refractivity contribution is -0.300. The maximum Gasteiger partial charge on any atom is 0.311 e. The number of hydrogen-bond donors (Lipinski definition) is 4. The second kappa shape index (κ2) is 23.5. The number of hydrogen-bond acceptors (Lipinski definition) is 15. The van der Waals surface area contributed by atoms with Gasteiger partial charge in [-0.2, -0.15) is 0 Å². The minimum Gasteiger partial charge on any atom is -0.459 e. The summed E-state index contributed by atoms with van der Waals surface area (Å²) in [5.41, 5.74) is -1.87. The Balaban J connectivity index is 1.28. The highest BCUT2D eigenvalue weighted by Crippen LogP contribution is 2.38. The van der Waals surface area contributed by atoms with E-state index in [4.69, 9.17) is 18.9 Å². The number of nitrogens with zero attached hydrogens (tertiary/aromatic N) is 5. The molecule has 67 heavy (non-hydrogen) atoms. The maximum absolute atomic E-state index is 14.5. The van der Waals surface area contributed by atoms with E-state index >= 15 is 0 Å². The summed E-state index contributed by atoms with van der Waals surface area (Å²) in [6, 6.07) is 5.11. The molecule has 4 N–H and O–H groups in total. The summed E-state index contributed by atoms with van der Waals surface area (Å²) < 4.78 is 67.0. The number of carbonyl (C=O) groups is 1. The van der Waals surface area contributed by atoms with Gasteiger partial charge in [0.15, 0.2) is 16.1 Å². The molecule has 1 saturated carbocycles. The van der Waals surface area contributed by atoms with Crippen LogP contribution in [0, 0.1) is 23.7 Å². The fourth-order valence-electron chi connectivity index (χ4n) is 11.0. The van der Waals surface area contributed by atoms with Crippen LogP contribution >= 0.6 is 0 Å². The smallest absolute Gasteiger partial charge is 0.311 e. The zero-order chi connectivity index (χ0) is 49.6. The molecule has 0 unspecified atom stereocenters. The van der Waals surface area contributed by atoms with Crippen molar-refractivity contribution in [2.45, 2.75) is 190 Å². The molecular weight excluding hydrogens is 886 g/mol. The molecule has 0 spiro atoms. The van der Waals surface area contributed by atoms with Gasteiger partial charge in [-0.3, -0.25) is 4.79 Å². The Morgan fingerprint density at radius 3 is 2.33 bits per heavy atom. The van der Waals surface area contributed by atoms with Crippen molar-refractivity contribution in [3.8, 4) is 0 Å². The van der Waals surface area contributed by atoms with Crippen LogP contribution in [0.4, 0.5) is 4.39 Å². The van der Waals surface area contributed by atoms with Crippen molar-refractivity contribution in [2.75, 3.05) is 46.7 Å². The van der Waals surface area contributed by atoms with Crippen molar-refractivity contribution in [2.24, 2.45) is 23.7 Å². The fraction of sp³-hybridized carbons (Fsp3) is 0.816. The quantitative estimate of drug-likeness (QED) is 0.181. The van der Waals surface area contributed by atoms with Gasteiger partial charge in [-0.1, -0.05) is 51.0 Å². The largest absolute Gasteiger partial charge is 0.459 e. The Kier molecular flexibility index (Phi) is 19.4. The third-order valence-electron chi connectivity index (χ3n) is 15.1. The molecule has 16 nitrogen and oxygen atoms in total. The third-order valence-corrected chi connectivity index (χ3v) is 17.0. The number of benzene rings is 1. The number of aliphatic hydroxyl groups excluding tert-OH is 2. The van der Waals surface area contributed by atoms with Crippen LogP contribution in [-0.2, 0) is 46.4 Å². The number of ether oxygens (including phenoxy) is 4. The predicted octanol–water partition coefficient (Wildman–Crippen LogP) is 4.55. The van der Waals surface area contributed by atoms with Crippen molar-refractivity contribution in [1.82, 2.24) is 24.8 Å². The average molecular weight is 968 g/mol. The standard InChI is InChI=1S/C49H82FN5O11S/c1-12-41-49(8,60)44(57)34(6)54(10)27-30(2)25-48(7,59)45(32(4)43(63-11)33(5)46(58)65-41)66-47-42(56)40(23-31(3)64-47)53(9)22-21-37-28-55(52-51-37)38(26-50)24-35-17-19-39(20-18-35)67(61,62)29-36-15-13-14-16-36/h17-20,28,30-34,36,38,40-45,47,56-57,59-60H,12-16,21-27,29H2,1-11H3/t30-,31-,32+,33-,34-,38+,40+,41-,42-,43+,44-,45-,47+,48-,49-/m1/s1. The number of sulfone groups is 1. The van der Waals surface area contributed by atoms with Crippen molar-refractivity contribution in [1.29, 1.82) is 0 Å². The van der Waals surface area contributed by atoms with Gasteiger partial charge in [0.05, 0.1) is 52.2 Å². The first-order valence-electron chi connectivity index (χ1n) is 24.5. The van der Waals surface area contributed by atoms with Gasteiger partial charge in [0.1, 0.15) is 30.6 Å². The van der Waals surface area contributed by atoms with E-state index in [9.17, 15) is 38.0 Å². The van der Waals surface area contributed by atoms with Crippen LogP contribution in [0.25, 0.3) is 0 Å². The SMILES string of the molecule is CC[C@H]1OC(=O)[C@H](C)[C@@H](OC)[C@H](C)[C@@H](O[C@@H]2O[C@H](C)C[C@H](N(C)CCc3cn([C@H](CF)Cc4ccc(S(=O)(=O)CC5CCCC5)cc4)nn3)[C@H]2O)[C@](C)(O)C[C@@H](C)CN(C)[C@H](C)[C@@H](O)[C@]1(C)O. The molecule has 3 aliphatic rings. The number of aliphatic hydroxyl groups is 4. The topological polar surface area (TPSA) is 206 Å². The first-order valence-corrected chi connectivity index (χ1v) is 26.1. The Hall–Kier alpha value is -2.65. The van der Waals surface area contributed by atoms with Crippen molar-refractivity contribution in [3.05, 3.63) is 41.7 Å². The van der Waals surface area contributed by atoms with Crippen molar-refractivity contribution < 1.29 is 57.0 Å². The van der Waals surface area contributed by atoms with E-state index in [0.29, 0.717) is 42.9 Å². The van der Waals surface area contributed by atoms with Crippen LogP contribution in [0.5, 0.6) is 0 Å².